The zero-order valence-electron chi connectivity index (χ0n) is 18.0. The summed E-state index contributed by atoms with van der Waals surface area (Å²) in [4.78, 5) is 0.779. The molecule has 0 amide bonds. The van der Waals surface area contributed by atoms with Crippen LogP contribution < -0.4 is 16.6 Å². The van der Waals surface area contributed by atoms with Gasteiger partial charge in [0.1, 0.15) is 15.9 Å². The maximum Gasteiger partial charge on any atom is 0.187 e. The van der Waals surface area contributed by atoms with Crippen molar-refractivity contribution in [1.82, 2.24) is 0 Å². The Kier molecular flexibility index (Phi) is 7.83. The topological polar surface area (TPSA) is 193 Å². The van der Waals surface area contributed by atoms with Gasteiger partial charge in [0.25, 0.3) is 0 Å². The molecule has 0 saturated carbocycles. The third-order valence-corrected chi connectivity index (χ3v) is 8.45. The van der Waals surface area contributed by atoms with E-state index in [9.17, 15) is 22.6 Å². The van der Waals surface area contributed by atoms with E-state index in [4.69, 9.17) is 21.2 Å². The molecule has 0 bridgehead atoms. The number of anilines is 2. The smallest absolute Gasteiger partial charge is 0.187 e. The van der Waals surface area contributed by atoms with Crippen molar-refractivity contribution in [1.29, 1.82) is 0 Å². The van der Waals surface area contributed by atoms with Crippen molar-refractivity contribution in [3.8, 4) is 5.75 Å². The minimum atomic E-state index is -3.11. The highest BCUT2D eigenvalue weighted by molar-refractivity contribution is 8.24. The van der Waals surface area contributed by atoms with Crippen LogP contribution in [0.1, 0.15) is 6.92 Å². The minimum absolute atomic E-state index is 0.00930. The van der Waals surface area contributed by atoms with E-state index in [1.807, 2.05) is 18.2 Å². The van der Waals surface area contributed by atoms with E-state index in [2.05, 4.69) is 0 Å². The average molecular weight is 524 g/mol. The van der Waals surface area contributed by atoms with E-state index in [-0.39, 0.29) is 22.1 Å². The number of nitrogens with two attached hydrogens (primary N) is 3. The Labute approximate surface area is 202 Å². The van der Waals surface area contributed by atoms with Crippen molar-refractivity contribution in [2.75, 3.05) is 17.2 Å². The van der Waals surface area contributed by atoms with Gasteiger partial charge < -0.3 is 21.1 Å². The molecule has 4 aromatic carbocycles. The maximum atomic E-state index is 11.3. The molecule has 9 nitrogen and oxygen atoms in total. The second-order valence-electron chi connectivity index (χ2n) is 7.22. The molecule has 2 unspecified atom stereocenters. The van der Waals surface area contributed by atoms with Crippen LogP contribution in [0.2, 0.25) is 0 Å². The molecule has 0 saturated heterocycles. The van der Waals surface area contributed by atoms with Crippen LogP contribution in [0.3, 0.4) is 0 Å². The molecular weight excluding hydrogens is 498 g/mol. The largest absolute Gasteiger partial charge is 0.504 e. The summed E-state index contributed by atoms with van der Waals surface area (Å²) < 4.78 is 51.3. The third kappa shape index (κ3) is 5.18. The number of benzene rings is 4. The van der Waals surface area contributed by atoms with Crippen LogP contribution in [-0.2, 0) is 22.1 Å². The lowest BCUT2D eigenvalue weighted by atomic mass is 10.1. The fraction of sp³-hybridized carbons (Fsp3) is 0.0909. The highest BCUT2D eigenvalue weighted by atomic mass is 32.3. The summed E-state index contributed by atoms with van der Waals surface area (Å²) in [5, 5.41) is 18.0. The lowest BCUT2D eigenvalue weighted by molar-refractivity contribution is 0.446. The molecule has 0 aliphatic heterocycles. The zero-order chi connectivity index (χ0) is 25.2. The van der Waals surface area contributed by atoms with Gasteiger partial charge >= 0.3 is 0 Å². The lowest BCUT2D eigenvalue weighted by Crippen LogP contribution is -2.04. The predicted octanol–water partition coefficient (Wildman–Crippen LogP) is 4.24. The van der Waals surface area contributed by atoms with Crippen molar-refractivity contribution in [2.45, 2.75) is 21.6 Å². The molecule has 0 radical (unpaired) electrons. The normalized spacial score (nSPS) is 13.8. The van der Waals surface area contributed by atoms with Crippen LogP contribution >= 0.6 is 10.6 Å². The fourth-order valence-corrected chi connectivity index (χ4v) is 5.39. The van der Waals surface area contributed by atoms with Gasteiger partial charge in [-0.2, -0.15) is 10.6 Å². The molecule has 34 heavy (non-hydrogen) atoms. The van der Waals surface area contributed by atoms with Gasteiger partial charge in [-0.1, -0.05) is 30.3 Å². The highest BCUT2D eigenvalue weighted by Crippen LogP contribution is 2.54. The first-order valence-corrected chi connectivity index (χ1v) is 13.9. The molecule has 0 heterocycles. The third-order valence-electron chi connectivity index (χ3n) is 5.18. The van der Waals surface area contributed by atoms with E-state index in [1.54, 1.807) is 43.3 Å². The number of rotatable bonds is 4. The standard InChI is InChI=1S/C12H16N2O4S2.C10H9NO2S/c1-2-20(17,18)10-6-7-5-8(19(14)16)3-4-9(7)11(13)12(10)15;11-9-5-6-10(14(12)13)8-4-2-1-3-7(8)9/h3-6,15,17-18H,2,13-14H2,1H3;1-6H,11H2,(H,12,13). The molecular formula is C22H25N3O6S3. The number of aromatic hydroxyl groups is 1. The Morgan fingerprint density at radius 2 is 1.56 bits per heavy atom. The molecule has 12 heteroatoms. The Bertz CT molecular complexity index is 1430. The Balaban J connectivity index is 0.000000202. The quantitative estimate of drug-likeness (QED) is 0.117. The number of hydrogen-bond acceptors (Lipinski definition) is 7. The lowest BCUT2D eigenvalue weighted by Gasteiger charge is -2.32. The van der Waals surface area contributed by atoms with Gasteiger partial charge in [0.15, 0.2) is 16.8 Å². The molecule has 0 aliphatic rings. The summed E-state index contributed by atoms with van der Waals surface area (Å²) >= 11 is -1.97. The van der Waals surface area contributed by atoms with Crippen molar-refractivity contribution in [2.24, 2.45) is 5.14 Å². The fourth-order valence-electron chi connectivity index (χ4n) is 3.35. The second-order valence-corrected chi connectivity index (χ2v) is 11.6. The van der Waals surface area contributed by atoms with Gasteiger partial charge in [-0.05, 0) is 42.6 Å². The molecule has 0 aliphatic carbocycles. The van der Waals surface area contributed by atoms with Gasteiger partial charge in [-0.3, -0.25) is 9.11 Å². The molecule has 0 aromatic heterocycles. The highest BCUT2D eigenvalue weighted by Gasteiger charge is 2.21. The number of fused-ring (bicyclic) bond motifs is 2. The first-order valence-electron chi connectivity index (χ1n) is 9.83. The first kappa shape index (κ1) is 25.9. The molecule has 10 N–H and O–H groups in total. The van der Waals surface area contributed by atoms with E-state index < -0.39 is 32.7 Å². The van der Waals surface area contributed by atoms with Crippen LogP contribution in [0.4, 0.5) is 11.4 Å². The Morgan fingerprint density at radius 3 is 2.15 bits per heavy atom. The molecule has 0 spiro atoms. The average Bonchev–Trinajstić information content (AvgIpc) is 2.81. The van der Waals surface area contributed by atoms with Crippen LogP contribution in [0.25, 0.3) is 21.5 Å². The summed E-state index contributed by atoms with van der Waals surface area (Å²) in [6, 6.07) is 16.6. The number of phenolic OH excluding ortho intramolecular Hbond substituents is 1. The van der Waals surface area contributed by atoms with Gasteiger partial charge in [0.05, 0.1) is 15.5 Å². The Morgan fingerprint density at radius 1 is 0.912 bits per heavy atom. The maximum absolute atomic E-state index is 11.3. The number of nitrogen functional groups attached to an aromatic ring is 2. The van der Waals surface area contributed by atoms with Crippen LogP contribution in [0.15, 0.2) is 75.4 Å². The van der Waals surface area contributed by atoms with Crippen molar-refractivity contribution in [3.63, 3.8) is 0 Å². The number of phenols is 1. The van der Waals surface area contributed by atoms with Crippen molar-refractivity contribution in [3.05, 3.63) is 60.7 Å². The van der Waals surface area contributed by atoms with Crippen LogP contribution in [0, 0.1) is 0 Å². The van der Waals surface area contributed by atoms with Gasteiger partial charge in [0, 0.05) is 27.6 Å². The SMILES string of the molecule is CCS(O)(O)c1cc2cc(S(N)=O)ccc2c(N)c1O.Nc1ccc(S(=O)O)c2ccccc12. The van der Waals surface area contributed by atoms with E-state index in [1.165, 1.54) is 6.07 Å². The van der Waals surface area contributed by atoms with Crippen molar-refractivity contribution < 1.29 is 27.2 Å². The van der Waals surface area contributed by atoms with E-state index in [0.29, 0.717) is 26.3 Å². The summed E-state index contributed by atoms with van der Waals surface area (Å²) in [7, 11) is -4.76. The summed E-state index contributed by atoms with van der Waals surface area (Å²) in [6.07, 6.45) is 0. The first-order chi connectivity index (χ1) is 16.0. The summed E-state index contributed by atoms with van der Waals surface area (Å²) in [5.74, 6) is -0.269. The molecule has 2 atom stereocenters. The monoisotopic (exact) mass is 523 g/mol. The van der Waals surface area contributed by atoms with Crippen molar-refractivity contribution >= 4 is 65.6 Å². The molecule has 4 aromatic rings. The Hall–Kier alpha value is -2.71. The van der Waals surface area contributed by atoms with Gasteiger partial charge in [-0.15, -0.1) is 0 Å². The van der Waals surface area contributed by atoms with Crippen LogP contribution in [0.5, 0.6) is 5.75 Å². The minimum Gasteiger partial charge on any atom is -0.504 e. The summed E-state index contributed by atoms with van der Waals surface area (Å²) in [5.41, 5.74) is 12.3. The van der Waals surface area contributed by atoms with E-state index in [0.717, 1.165) is 10.8 Å². The van der Waals surface area contributed by atoms with E-state index >= 15 is 0 Å². The predicted molar refractivity (Wildman–Crippen MR) is 140 cm³/mol. The molecule has 182 valence electrons. The van der Waals surface area contributed by atoms with Crippen LogP contribution in [-0.4, -0.2) is 32.9 Å². The summed E-state index contributed by atoms with van der Waals surface area (Å²) in [6.45, 7) is 1.60. The van der Waals surface area contributed by atoms with Gasteiger partial charge in [0.2, 0.25) is 0 Å². The number of hydrogen-bond donors (Lipinski definition) is 7. The molecule has 0 fully saturated rings. The second kappa shape index (κ2) is 10.3. The zero-order valence-corrected chi connectivity index (χ0v) is 20.5. The van der Waals surface area contributed by atoms with Gasteiger partial charge in [-0.25, -0.2) is 13.6 Å². The molecule has 4 rings (SSSR count).